The minimum absolute atomic E-state index is 0.233. The van der Waals surface area contributed by atoms with Crippen LogP contribution in [-0.4, -0.2) is 21.4 Å². The minimum Gasteiger partial charge on any atom is -0.368 e. The van der Waals surface area contributed by atoms with E-state index < -0.39 is 11.9 Å². The van der Waals surface area contributed by atoms with Crippen LogP contribution in [0.25, 0.3) is 11.0 Å². The Morgan fingerprint density at radius 1 is 1.08 bits per heavy atom. The van der Waals surface area contributed by atoms with Crippen molar-refractivity contribution in [2.45, 2.75) is 19.0 Å². The maximum Gasteiger partial charge on any atom is 0.244 e. The van der Waals surface area contributed by atoms with Crippen molar-refractivity contribution in [2.75, 3.05) is 0 Å². The fourth-order valence-corrected chi connectivity index (χ4v) is 2.61. The molecule has 1 aromatic heterocycles. The van der Waals surface area contributed by atoms with Gasteiger partial charge in [0.05, 0.1) is 17.4 Å². The molecule has 0 fully saturated rings. The Balaban J connectivity index is 1.65. The third-order valence-corrected chi connectivity index (χ3v) is 3.83. The largest absolute Gasteiger partial charge is 0.368 e. The second kappa shape index (κ2) is 6.95. The van der Waals surface area contributed by atoms with Crippen LogP contribution in [0.5, 0.6) is 0 Å². The van der Waals surface area contributed by atoms with E-state index in [1.807, 2.05) is 34.9 Å². The predicted octanol–water partition coefficient (Wildman–Crippen LogP) is 1.77. The highest BCUT2D eigenvalue weighted by atomic mass is 16.2. The van der Waals surface area contributed by atoms with Crippen molar-refractivity contribution in [3.63, 3.8) is 0 Å². The van der Waals surface area contributed by atoms with Gasteiger partial charge in [-0.1, -0.05) is 42.5 Å². The minimum atomic E-state index is -0.821. The van der Waals surface area contributed by atoms with Crippen LogP contribution in [0.2, 0.25) is 0 Å². The molecule has 1 atom stereocenters. The third kappa shape index (κ3) is 3.43. The average molecular weight is 322 g/mol. The van der Waals surface area contributed by atoms with Crippen LogP contribution in [0.1, 0.15) is 18.0 Å². The molecule has 0 aliphatic rings. The summed E-state index contributed by atoms with van der Waals surface area (Å²) in [5.41, 5.74) is 7.94. The molecule has 6 heteroatoms. The maximum atomic E-state index is 12.2. The lowest BCUT2D eigenvalue weighted by Gasteiger charge is -2.16. The summed E-state index contributed by atoms with van der Waals surface area (Å²) in [5, 5.41) is 2.70. The predicted molar refractivity (Wildman–Crippen MR) is 90.9 cm³/mol. The molecule has 2 aromatic carbocycles. The molecular weight excluding hydrogens is 304 g/mol. The van der Waals surface area contributed by atoms with Crippen LogP contribution in [0.4, 0.5) is 0 Å². The summed E-state index contributed by atoms with van der Waals surface area (Å²) < 4.78 is 1.91. The molecule has 0 unspecified atom stereocenters. The number of hydrogen-bond acceptors (Lipinski definition) is 3. The molecule has 0 saturated heterocycles. The van der Waals surface area contributed by atoms with Gasteiger partial charge in [0.2, 0.25) is 11.8 Å². The molecule has 3 aromatic rings. The van der Waals surface area contributed by atoms with E-state index in [0.717, 1.165) is 11.0 Å². The highest BCUT2D eigenvalue weighted by molar-refractivity contribution is 5.87. The second-order valence-electron chi connectivity index (χ2n) is 5.49. The van der Waals surface area contributed by atoms with E-state index in [9.17, 15) is 9.59 Å². The quantitative estimate of drug-likeness (QED) is 0.724. The summed E-state index contributed by atoms with van der Waals surface area (Å²) in [6, 6.07) is 15.9. The Bertz CT molecular complexity index is 858. The molecule has 24 heavy (non-hydrogen) atoms. The van der Waals surface area contributed by atoms with Crippen molar-refractivity contribution in [1.29, 1.82) is 0 Å². The number of amides is 2. The van der Waals surface area contributed by atoms with E-state index >= 15 is 0 Å². The SMILES string of the molecule is NC(=O)[C@H](NC(=O)CCn1cnc2ccccc21)c1ccccc1. The van der Waals surface area contributed by atoms with E-state index in [4.69, 9.17) is 5.73 Å². The monoisotopic (exact) mass is 322 g/mol. The first-order valence-electron chi connectivity index (χ1n) is 7.68. The smallest absolute Gasteiger partial charge is 0.244 e. The highest BCUT2D eigenvalue weighted by Gasteiger charge is 2.19. The summed E-state index contributed by atoms with van der Waals surface area (Å²) in [6.45, 7) is 0.479. The van der Waals surface area contributed by atoms with Crippen molar-refractivity contribution < 1.29 is 9.59 Å². The lowest BCUT2D eigenvalue weighted by atomic mass is 10.1. The van der Waals surface area contributed by atoms with E-state index in [-0.39, 0.29) is 12.3 Å². The van der Waals surface area contributed by atoms with Crippen molar-refractivity contribution in [2.24, 2.45) is 5.73 Å². The molecule has 3 N–H and O–H groups in total. The first-order valence-corrected chi connectivity index (χ1v) is 7.68. The van der Waals surface area contributed by atoms with Gasteiger partial charge < -0.3 is 15.6 Å². The van der Waals surface area contributed by atoms with Gasteiger partial charge in [-0.05, 0) is 17.7 Å². The van der Waals surface area contributed by atoms with Crippen molar-refractivity contribution in [3.8, 4) is 0 Å². The number of imidazole rings is 1. The number of aryl methyl sites for hydroxylation is 1. The fourth-order valence-electron chi connectivity index (χ4n) is 2.61. The van der Waals surface area contributed by atoms with Gasteiger partial charge in [-0.3, -0.25) is 9.59 Å². The van der Waals surface area contributed by atoms with Gasteiger partial charge in [-0.15, -0.1) is 0 Å². The lowest BCUT2D eigenvalue weighted by molar-refractivity contribution is -0.127. The number of benzene rings is 2. The highest BCUT2D eigenvalue weighted by Crippen LogP contribution is 2.14. The van der Waals surface area contributed by atoms with Gasteiger partial charge in [0.1, 0.15) is 6.04 Å². The summed E-state index contributed by atoms with van der Waals surface area (Å²) in [5.74, 6) is -0.817. The number of rotatable bonds is 6. The summed E-state index contributed by atoms with van der Waals surface area (Å²) in [7, 11) is 0. The Morgan fingerprint density at radius 2 is 1.79 bits per heavy atom. The Kier molecular flexibility index (Phi) is 4.56. The molecule has 0 saturated carbocycles. The zero-order valence-electron chi connectivity index (χ0n) is 13.1. The van der Waals surface area contributed by atoms with Crippen LogP contribution in [0.15, 0.2) is 60.9 Å². The summed E-state index contributed by atoms with van der Waals surface area (Å²) in [6.07, 6.45) is 1.94. The molecule has 1 heterocycles. The van der Waals surface area contributed by atoms with E-state index in [1.165, 1.54) is 0 Å². The topological polar surface area (TPSA) is 90.0 Å². The number of aromatic nitrogens is 2. The normalized spacial score (nSPS) is 12.0. The van der Waals surface area contributed by atoms with Gasteiger partial charge in [0.15, 0.2) is 0 Å². The van der Waals surface area contributed by atoms with Crippen molar-refractivity contribution in [1.82, 2.24) is 14.9 Å². The molecule has 0 bridgehead atoms. The Hall–Kier alpha value is -3.15. The number of nitrogens with two attached hydrogens (primary N) is 1. The molecule has 3 rings (SSSR count). The summed E-state index contributed by atoms with van der Waals surface area (Å²) in [4.78, 5) is 28.1. The molecule has 0 aliphatic carbocycles. The van der Waals surface area contributed by atoms with Gasteiger partial charge in [-0.2, -0.15) is 0 Å². The average Bonchev–Trinajstić information content (AvgIpc) is 3.01. The van der Waals surface area contributed by atoms with Crippen LogP contribution in [0, 0.1) is 0 Å². The van der Waals surface area contributed by atoms with E-state index in [2.05, 4.69) is 10.3 Å². The van der Waals surface area contributed by atoms with Gasteiger partial charge in [0, 0.05) is 13.0 Å². The number of carbonyl (C=O) groups is 2. The number of fused-ring (bicyclic) bond motifs is 1. The molecule has 6 nitrogen and oxygen atoms in total. The zero-order chi connectivity index (χ0) is 16.9. The number of nitrogens with zero attached hydrogens (tertiary/aromatic N) is 2. The maximum absolute atomic E-state index is 12.2. The van der Waals surface area contributed by atoms with Crippen LogP contribution in [-0.2, 0) is 16.1 Å². The van der Waals surface area contributed by atoms with Gasteiger partial charge in [-0.25, -0.2) is 4.98 Å². The molecule has 122 valence electrons. The standard InChI is InChI=1S/C18H18N4O2/c19-18(24)17(13-6-2-1-3-7-13)21-16(23)10-11-22-12-20-14-8-4-5-9-15(14)22/h1-9,12,17H,10-11H2,(H2,19,24)(H,21,23)/t17-/m1/s1. The number of primary amides is 1. The zero-order valence-corrected chi connectivity index (χ0v) is 13.1. The number of para-hydroxylation sites is 2. The van der Waals surface area contributed by atoms with Crippen LogP contribution < -0.4 is 11.1 Å². The molecule has 2 amide bonds. The molecule has 0 aliphatic heterocycles. The van der Waals surface area contributed by atoms with Gasteiger partial charge >= 0.3 is 0 Å². The van der Waals surface area contributed by atoms with Crippen LogP contribution in [0.3, 0.4) is 0 Å². The third-order valence-electron chi connectivity index (χ3n) is 3.83. The number of hydrogen-bond donors (Lipinski definition) is 2. The van der Waals surface area contributed by atoms with Crippen molar-refractivity contribution >= 4 is 22.8 Å². The van der Waals surface area contributed by atoms with Crippen molar-refractivity contribution in [3.05, 3.63) is 66.5 Å². The Labute approximate surface area is 139 Å². The summed E-state index contributed by atoms with van der Waals surface area (Å²) >= 11 is 0. The van der Waals surface area contributed by atoms with Gasteiger partial charge in [0.25, 0.3) is 0 Å². The lowest BCUT2D eigenvalue weighted by Crippen LogP contribution is -2.37. The first-order chi connectivity index (χ1) is 11.6. The molecule has 0 radical (unpaired) electrons. The molecular formula is C18H18N4O2. The number of carbonyl (C=O) groups excluding carboxylic acids is 2. The first kappa shape index (κ1) is 15.7. The molecule has 0 spiro atoms. The number of nitrogens with one attached hydrogen (secondary N) is 1. The fraction of sp³-hybridized carbons (Fsp3) is 0.167. The Morgan fingerprint density at radius 3 is 2.54 bits per heavy atom. The van der Waals surface area contributed by atoms with E-state index in [1.54, 1.807) is 30.6 Å². The van der Waals surface area contributed by atoms with E-state index in [0.29, 0.717) is 12.1 Å². The van der Waals surface area contributed by atoms with Crippen LogP contribution >= 0.6 is 0 Å². The second-order valence-corrected chi connectivity index (χ2v) is 5.49.